The van der Waals surface area contributed by atoms with Crippen molar-refractivity contribution in [2.24, 2.45) is 0 Å². The van der Waals surface area contributed by atoms with Crippen LogP contribution in [0, 0.1) is 0 Å². The minimum atomic E-state index is -0.682. The lowest BCUT2D eigenvalue weighted by Gasteiger charge is -1.93. The van der Waals surface area contributed by atoms with E-state index in [-0.39, 0.29) is 10.6 Å². The minimum Gasteiger partial charge on any atom is -0.384 e. The van der Waals surface area contributed by atoms with Gasteiger partial charge in [-0.1, -0.05) is 6.07 Å². The average molecular weight is 232 g/mol. The van der Waals surface area contributed by atoms with Gasteiger partial charge in [-0.05, 0) is 12.1 Å². The molecule has 0 fully saturated rings. The smallest absolute Gasteiger partial charge is 0.366 e. The third-order valence-corrected chi connectivity index (χ3v) is 3.13. The molecule has 3 heterocycles. The maximum atomic E-state index is 11.2. The fourth-order valence-electron chi connectivity index (χ4n) is 1.37. The molecule has 0 atom stereocenters. The van der Waals surface area contributed by atoms with Crippen molar-refractivity contribution in [2.45, 2.75) is 0 Å². The van der Waals surface area contributed by atoms with Crippen LogP contribution in [0.1, 0.15) is 20.2 Å². The van der Waals surface area contributed by atoms with Gasteiger partial charge in [0.1, 0.15) is 9.88 Å². The molecule has 6 heteroatoms. The highest BCUT2D eigenvalue weighted by atomic mass is 32.1. The average Bonchev–Trinajstić information content (AvgIpc) is 2.83. The number of pyridine rings is 1. The molecule has 0 aliphatic carbocycles. The van der Waals surface area contributed by atoms with Crippen molar-refractivity contribution in [1.82, 2.24) is 9.97 Å². The molecule has 0 bridgehead atoms. The zero-order valence-electron chi connectivity index (χ0n) is 7.84. The predicted octanol–water partition coefficient (Wildman–Crippen LogP) is 1.52. The summed E-state index contributed by atoms with van der Waals surface area (Å²) >= 11 is 1.12. The SMILES string of the molecule is O=C1OC(=O)c2sc(-c3ccccn3)nc21. The second-order valence-corrected chi connectivity index (χ2v) is 4.09. The van der Waals surface area contributed by atoms with Crippen LogP contribution in [0.2, 0.25) is 0 Å². The normalized spacial score (nSPS) is 13.8. The van der Waals surface area contributed by atoms with Gasteiger partial charge in [0.15, 0.2) is 5.69 Å². The first kappa shape index (κ1) is 9.17. The Kier molecular flexibility index (Phi) is 1.84. The van der Waals surface area contributed by atoms with Crippen molar-refractivity contribution in [3.8, 4) is 10.7 Å². The number of esters is 2. The van der Waals surface area contributed by atoms with Crippen molar-refractivity contribution >= 4 is 23.3 Å². The highest BCUT2D eigenvalue weighted by molar-refractivity contribution is 7.17. The summed E-state index contributed by atoms with van der Waals surface area (Å²) in [6.07, 6.45) is 1.63. The summed E-state index contributed by atoms with van der Waals surface area (Å²) in [6.45, 7) is 0. The lowest BCUT2D eigenvalue weighted by molar-refractivity contribution is 0.0443. The molecule has 0 saturated heterocycles. The third-order valence-electron chi connectivity index (χ3n) is 2.08. The number of hydrogen-bond donors (Lipinski definition) is 0. The van der Waals surface area contributed by atoms with E-state index in [0.29, 0.717) is 10.7 Å². The molecule has 0 saturated carbocycles. The van der Waals surface area contributed by atoms with Gasteiger partial charge in [-0.25, -0.2) is 14.6 Å². The maximum Gasteiger partial charge on any atom is 0.366 e. The molecule has 0 radical (unpaired) electrons. The van der Waals surface area contributed by atoms with E-state index in [1.54, 1.807) is 18.3 Å². The van der Waals surface area contributed by atoms with Crippen molar-refractivity contribution in [2.75, 3.05) is 0 Å². The minimum absolute atomic E-state index is 0.0932. The Morgan fingerprint density at radius 3 is 2.75 bits per heavy atom. The zero-order valence-corrected chi connectivity index (χ0v) is 8.65. The molecule has 0 N–H and O–H groups in total. The van der Waals surface area contributed by atoms with E-state index in [1.165, 1.54) is 0 Å². The Bertz CT molecular complexity index is 560. The molecule has 1 aliphatic heterocycles. The van der Waals surface area contributed by atoms with E-state index in [2.05, 4.69) is 14.7 Å². The third kappa shape index (κ3) is 1.24. The molecule has 1 aliphatic rings. The van der Waals surface area contributed by atoms with E-state index in [9.17, 15) is 9.59 Å². The number of ether oxygens (including phenoxy) is 1. The van der Waals surface area contributed by atoms with E-state index in [0.717, 1.165) is 11.3 Å². The number of carbonyl (C=O) groups excluding carboxylic acids is 2. The molecule has 0 spiro atoms. The standard InChI is InChI=1S/C10H4N2O3S/c13-9-6-7(10(14)15-9)16-8(12-6)5-3-1-2-4-11-5/h1-4H. The van der Waals surface area contributed by atoms with Crippen molar-refractivity contribution in [1.29, 1.82) is 0 Å². The molecule has 2 aromatic rings. The van der Waals surface area contributed by atoms with Gasteiger partial charge in [-0.3, -0.25) is 4.98 Å². The second kappa shape index (κ2) is 3.21. The summed E-state index contributed by atoms with van der Waals surface area (Å²) in [5, 5.41) is 0.551. The van der Waals surface area contributed by atoms with E-state index in [1.807, 2.05) is 6.07 Å². The van der Waals surface area contributed by atoms with Crippen LogP contribution in [0.15, 0.2) is 24.4 Å². The van der Waals surface area contributed by atoms with Crippen LogP contribution in [-0.2, 0) is 4.74 Å². The second-order valence-electron chi connectivity index (χ2n) is 3.09. The van der Waals surface area contributed by atoms with Crippen LogP contribution >= 0.6 is 11.3 Å². The Morgan fingerprint density at radius 1 is 1.19 bits per heavy atom. The lowest BCUT2D eigenvalue weighted by Crippen LogP contribution is -1.99. The monoisotopic (exact) mass is 232 g/mol. The number of fused-ring (bicyclic) bond motifs is 1. The first-order valence-corrected chi connectivity index (χ1v) is 5.26. The Hall–Kier alpha value is -2.08. The number of aromatic nitrogens is 2. The van der Waals surface area contributed by atoms with Gasteiger partial charge in [-0.2, -0.15) is 0 Å². The Labute approximate surface area is 93.7 Å². The van der Waals surface area contributed by atoms with Gasteiger partial charge < -0.3 is 4.74 Å². The van der Waals surface area contributed by atoms with Crippen LogP contribution in [-0.4, -0.2) is 21.9 Å². The number of thiazole rings is 1. The van der Waals surface area contributed by atoms with Crippen molar-refractivity contribution < 1.29 is 14.3 Å². The van der Waals surface area contributed by atoms with Gasteiger partial charge in [0.05, 0.1) is 5.69 Å². The van der Waals surface area contributed by atoms with Gasteiger partial charge in [-0.15, -0.1) is 11.3 Å². The molecule has 0 amide bonds. The van der Waals surface area contributed by atoms with Crippen LogP contribution < -0.4 is 0 Å². The topological polar surface area (TPSA) is 69.2 Å². The summed E-state index contributed by atoms with van der Waals surface area (Å²) in [6, 6.07) is 5.36. The zero-order chi connectivity index (χ0) is 11.1. The molecule has 78 valence electrons. The van der Waals surface area contributed by atoms with Gasteiger partial charge >= 0.3 is 11.9 Å². The number of carbonyl (C=O) groups is 2. The van der Waals surface area contributed by atoms with Crippen LogP contribution in [0.3, 0.4) is 0 Å². The number of cyclic esters (lactones) is 2. The van der Waals surface area contributed by atoms with Gasteiger partial charge in [0.2, 0.25) is 0 Å². The van der Waals surface area contributed by atoms with Gasteiger partial charge in [0, 0.05) is 6.20 Å². The summed E-state index contributed by atoms with van der Waals surface area (Å²) in [5.41, 5.74) is 0.734. The molecular weight excluding hydrogens is 228 g/mol. The lowest BCUT2D eigenvalue weighted by atomic mass is 10.3. The summed E-state index contributed by atoms with van der Waals surface area (Å²) in [4.78, 5) is 30.8. The van der Waals surface area contributed by atoms with Crippen LogP contribution in [0.25, 0.3) is 10.7 Å². The van der Waals surface area contributed by atoms with Crippen LogP contribution in [0.5, 0.6) is 0 Å². The Balaban J connectivity index is 2.14. The summed E-state index contributed by atoms with van der Waals surface area (Å²) < 4.78 is 4.41. The fraction of sp³-hybridized carbons (Fsp3) is 0. The van der Waals surface area contributed by atoms with Crippen molar-refractivity contribution in [3.05, 3.63) is 35.0 Å². The Morgan fingerprint density at radius 2 is 2.06 bits per heavy atom. The summed E-state index contributed by atoms with van der Waals surface area (Å²) in [7, 11) is 0. The quantitative estimate of drug-likeness (QED) is 0.550. The largest absolute Gasteiger partial charge is 0.384 e. The predicted molar refractivity (Wildman–Crippen MR) is 55.1 cm³/mol. The molecular formula is C10H4N2O3S. The maximum absolute atomic E-state index is 11.2. The van der Waals surface area contributed by atoms with Crippen molar-refractivity contribution in [3.63, 3.8) is 0 Å². The van der Waals surface area contributed by atoms with Crippen LogP contribution in [0.4, 0.5) is 0 Å². The summed E-state index contributed by atoms with van der Waals surface area (Å²) in [5.74, 6) is -1.31. The van der Waals surface area contributed by atoms with Gasteiger partial charge in [0.25, 0.3) is 0 Å². The molecule has 16 heavy (non-hydrogen) atoms. The highest BCUT2D eigenvalue weighted by Crippen LogP contribution is 2.31. The number of hydrogen-bond acceptors (Lipinski definition) is 6. The molecule has 3 rings (SSSR count). The molecule has 5 nitrogen and oxygen atoms in total. The van der Waals surface area contributed by atoms with E-state index in [4.69, 9.17) is 0 Å². The first-order chi connectivity index (χ1) is 7.75. The number of rotatable bonds is 1. The highest BCUT2D eigenvalue weighted by Gasteiger charge is 2.34. The van der Waals surface area contributed by atoms with E-state index < -0.39 is 11.9 Å². The number of nitrogens with zero attached hydrogens (tertiary/aromatic N) is 2. The molecule has 0 unspecified atom stereocenters. The first-order valence-electron chi connectivity index (χ1n) is 4.44. The molecule has 2 aromatic heterocycles. The van der Waals surface area contributed by atoms with E-state index >= 15 is 0 Å². The molecule has 0 aromatic carbocycles. The fourth-order valence-corrected chi connectivity index (χ4v) is 2.28.